The zero-order valence-corrected chi connectivity index (χ0v) is 18.4. The first-order chi connectivity index (χ1) is 15.8. The van der Waals surface area contributed by atoms with Gasteiger partial charge in [0.1, 0.15) is 12.6 Å². The Hall–Kier alpha value is -3.84. The van der Waals surface area contributed by atoms with Crippen molar-refractivity contribution in [3.63, 3.8) is 0 Å². The van der Waals surface area contributed by atoms with E-state index >= 15 is 0 Å². The number of hydrogen-bond acceptors (Lipinski definition) is 4. The van der Waals surface area contributed by atoms with Crippen LogP contribution in [0.3, 0.4) is 0 Å². The molecular formula is C25H21ClN2O5. The Kier molecular flexibility index (Phi) is 6.33. The molecule has 168 valence electrons. The Morgan fingerprint density at radius 3 is 2.21 bits per heavy atom. The number of rotatable bonds is 6. The van der Waals surface area contributed by atoms with Gasteiger partial charge >= 0.3 is 12.1 Å². The van der Waals surface area contributed by atoms with E-state index in [1.54, 1.807) is 0 Å². The van der Waals surface area contributed by atoms with Gasteiger partial charge < -0.3 is 20.5 Å². The van der Waals surface area contributed by atoms with Gasteiger partial charge in [0.15, 0.2) is 0 Å². The number of nitrogens with one attached hydrogen (secondary N) is 2. The predicted octanol–water partition coefficient (Wildman–Crippen LogP) is 4.90. The van der Waals surface area contributed by atoms with Crippen LogP contribution in [-0.4, -0.2) is 35.7 Å². The number of alkyl carbamates (subject to hydrolysis) is 1. The highest BCUT2D eigenvalue weighted by atomic mass is 35.5. The van der Waals surface area contributed by atoms with E-state index in [0.717, 1.165) is 22.3 Å². The molecule has 3 aromatic rings. The van der Waals surface area contributed by atoms with Gasteiger partial charge in [0.05, 0.1) is 5.56 Å². The lowest BCUT2D eigenvalue weighted by Crippen LogP contribution is -2.42. The summed E-state index contributed by atoms with van der Waals surface area (Å²) in [5, 5.41) is 14.3. The second-order valence-electron chi connectivity index (χ2n) is 7.71. The zero-order chi connectivity index (χ0) is 23.5. The summed E-state index contributed by atoms with van der Waals surface area (Å²) >= 11 is 5.91. The number of benzene rings is 3. The maximum absolute atomic E-state index is 12.5. The third kappa shape index (κ3) is 4.83. The molecule has 0 fully saturated rings. The molecule has 1 aliphatic carbocycles. The van der Waals surface area contributed by atoms with Crippen LogP contribution in [0.15, 0.2) is 66.7 Å². The van der Waals surface area contributed by atoms with Gasteiger partial charge in [0.2, 0.25) is 5.91 Å². The van der Waals surface area contributed by atoms with E-state index in [1.165, 1.54) is 25.1 Å². The van der Waals surface area contributed by atoms with Crippen LogP contribution < -0.4 is 10.6 Å². The summed E-state index contributed by atoms with van der Waals surface area (Å²) in [6.07, 6.45) is -0.725. The second-order valence-corrected chi connectivity index (χ2v) is 8.15. The molecule has 0 saturated heterocycles. The average molecular weight is 465 g/mol. The molecule has 0 aliphatic heterocycles. The molecule has 3 aromatic carbocycles. The molecule has 3 N–H and O–H groups in total. The van der Waals surface area contributed by atoms with Crippen LogP contribution in [-0.2, 0) is 9.53 Å². The van der Waals surface area contributed by atoms with Gasteiger partial charge in [-0.2, -0.15) is 0 Å². The normalized spacial score (nSPS) is 12.9. The Morgan fingerprint density at radius 2 is 1.61 bits per heavy atom. The van der Waals surface area contributed by atoms with Gasteiger partial charge in [-0.25, -0.2) is 9.59 Å². The van der Waals surface area contributed by atoms with Crippen molar-refractivity contribution in [1.82, 2.24) is 5.32 Å². The standard InChI is InChI=1S/C25H21ClN2O5/c1-14(23(29)28-17-11-15(24(30)31)10-16(26)12-17)27-25(32)33-13-22-20-8-4-2-6-18(20)19-7-3-5-9-21(19)22/h2-12,14,22H,13H2,1H3,(H,27,32)(H,28,29)(H,30,31)/t14-/m1/s1. The fraction of sp³-hybridized carbons (Fsp3) is 0.160. The number of aromatic carboxylic acids is 1. The van der Waals surface area contributed by atoms with Crippen LogP contribution in [0.2, 0.25) is 5.02 Å². The molecule has 1 atom stereocenters. The number of carboxylic acids is 1. The molecule has 7 nitrogen and oxygen atoms in total. The summed E-state index contributed by atoms with van der Waals surface area (Å²) in [7, 11) is 0. The minimum Gasteiger partial charge on any atom is -0.478 e. The molecule has 0 radical (unpaired) electrons. The van der Waals surface area contributed by atoms with Crippen LogP contribution in [0.25, 0.3) is 11.1 Å². The second kappa shape index (κ2) is 9.34. The van der Waals surface area contributed by atoms with Crippen molar-refractivity contribution in [2.45, 2.75) is 18.9 Å². The van der Waals surface area contributed by atoms with Crippen molar-refractivity contribution in [2.75, 3.05) is 11.9 Å². The Morgan fingerprint density at radius 1 is 1.00 bits per heavy atom. The highest BCUT2D eigenvalue weighted by molar-refractivity contribution is 6.31. The van der Waals surface area contributed by atoms with E-state index in [1.807, 2.05) is 48.5 Å². The highest BCUT2D eigenvalue weighted by Gasteiger charge is 2.29. The van der Waals surface area contributed by atoms with Crippen LogP contribution in [0.4, 0.5) is 10.5 Å². The van der Waals surface area contributed by atoms with Crippen molar-refractivity contribution in [3.05, 3.63) is 88.4 Å². The monoisotopic (exact) mass is 464 g/mol. The number of carboxylic acid groups (broad SMARTS) is 1. The smallest absolute Gasteiger partial charge is 0.407 e. The summed E-state index contributed by atoms with van der Waals surface area (Å²) in [4.78, 5) is 36.0. The van der Waals surface area contributed by atoms with Gasteiger partial charge in [-0.3, -0.25) is 4.79 Å². The first-order valence-electron chi connectivity index (χ1n) is 10.3. The molecule has 33 heavy (non-hydrogen) atoms. The summed E-state index contributed by atoms with van der Waals surface area (Å²) in [5.74, 6) is -1.80. The van der Waals surface area contributed by atoms with Gasteiger partial charge in [0, 0.05) is 16.6 Å². The van der Waals surface area contributed by atoms with E-state index in [0.29, 0.717) is 0 Å². The molecule has 0 heterocycles. The molecule has 4 rings (SSSR count). The number of fused-ring (bicyclic) bond motifs is 3. The van der Waals surface area contributed by atoms with Gasteiger partial charge in [0.25, 0.3) is 0 Å². The fourth-order valence-corrected chi connectivity index (χ4v) is 4.15. The lowest BCUT2D eigenvalue weighted by molar-refractivity contribution is -0.117. The lowest BCUT2D eigenvalue weighted by atomic mass is 9.98. The minimum absolute atomic E-state index is 0.0602. The fourth-order valence-electron chi connectivity index (χ4n) is 3.92. The topological polar surface area (TPSA) is 105 Å². The number of carbonyl (C=O) groups excluding carboxylic acids is 2. The quantitative estimate of drug-likeness (QED) is 0.481. The maximum atomic E-state index is 12.5. The summed E-state index contributed by atoms with van der Waals surface area (Å²) in [5.41, 5.74) is 4.58. The van der Waals surface area contributed by atoms with Crippen molar-refractivity contribution in [2.24, 2.45) is 0 Å². The average Bonchev–Trinajstić information content (AvgIpc) is 3.11. The SMILES string of the molecule is C[C@@H](NC(=O)OCC1c2ccccc2-c2ccccc21)C(=O)Nc1cc(Cl)cc(C(=O)O)c1. The Bertz CT molecular complexity index is 1200. The Labute approximate surface area is 195 Å². The number of hydrogen-bond donors (Lipinski definition) is 3. The van der Waals surface area contributed by atoms with Crippen LogP contribution >= 0.6 is 11.6 Å². The van der Waals surface area contributed by atoms with Gasteiger partial charge in [-0.1, -0.05) is 60.1 Å². The number of amides is 2. The van der Waals surface area contributed by atoms with Crippen molar-refractivity contribution < 1.29 is 24.2 Å². The van der Waals surface area contributed by atoms with Crippen molar-refractivity contribution >= 4 is 35.3 Å². The first-order valence-corrected chi connectivity index (χ1v) is 10.7. The van der Waals surface area contributed by atoms with Crippen LogP contribution in [0.1, 0.15) is 34.3 Å². The summed E-state index contributed by atoms with van der Waals surface area (Å²) in [6, 6.07) is 19.1. The van der Waals surface area contributed by atoms with Crippen molar-refractivity contribution in [3.8, 4) is 11.1 Å². The van der Waals surface area contributed by atoms with E-state index < -0.39 is 24.0 Å². The first kappa shape index (κ1) is 22.4. The van der Waals surface area contributed by atoms with Crippen LogP contribution in [0, 0.1) is 0 Å². The van der Waals surface area contributed by atoms with Crippen molar-refractivity contribution in [1.29, 1.82) is 0 Å². The van der Waals surface area contributed by atoms with E-state index in [4.69, 9.17) is 21.4 Å². The lowest BCUT2D eigenvalue weighted by Gasteiger charge is -2.17. The van der Waals surface area contributed by atoms with E-state index in [2.05, 4.69) is 10.6 Å². The van der Waals surface area contributed by atoms with Crippen LogP contribution in [0.5, 0.6) is 0 Å². The molecular weight excluding hydrogens is 444 g/mol. The molecule has 0 spiro atoms. The third-order valence-electron chi connectivity index (χ3n) is 5.48. The number of halogens is 1. The highest BCUT2D eigenvalue weighted by Crippen LogP contribution is 2.44. The number of anilines is 1. The molecule has 0 unspecified atom stereocenters. The predicted molar refractivity (Wildman–Crippen MR) is 125 cm³/mol. The maximum Gasteiger partial charge on any atom is 0.407 e. The molecule has 2 amide bonds. The largest absolute Gasteiger partial charge is 0.478 e. The molecule has 8 heteroatoms. The molecule has 1 aliphatic rings. The molecule has 0 aromatic heterocycles. The Balaban J connectivity index is 1.37. The molecule has 0 bridgehead atoms. The minimum atomic E-state index is -1.17. The zero-order valence-electron chi connectivity index (χ0n) is 17.7. The summed E-state index contributed by atoms with van der Waals surface area (Å²) < 4.78 is 5.45. The molecule has 0 saturated carbocycles. The third-order valence-corrected chi connectivity index (χ3v) is 5.70. The van der Waals surface area contributed by atoms with Gasteiger partial charge in [-0.15, -0.1) is 0 Å². The number of carbonyl (C=O) groups is 3. The van der Waals surface area contributed by atoms with Gasteiger partial charge in [-0.05, 0) is 47.4 Å². The van der Waals surface area contributed by atoms with E-state index in [9.17, 15) is 14.4 Å². The number of ether oxygens (including phenoxy) is 1. The van der Waals surface area contributed by atoms with E-state index in [-0.39, 0.29) is 28.8 Å². The summed E-state index contributed by atoms with van der Waals surface area (Å²) in [6.45, 7) is 1.63.